The number of fused-ring (bicyclic) bond motifs is 1. The molecule has 4 heterocycles. The third-order valence-corrected chi connectivity index (χ3v) is 6.25. The van der Waals surface area contributed by atoms with E-state index < -0.39 is 0 Å². The fourth-order valence-corrected chi connectivity index (χ4v) is 4.57. The lowest BCUT2D eigenvalue weighted by Gasteiger charge is -2.15. The van der Waals surface area contributed by atoms with Gasteiger partial charge in [-0.15, -0.1) is 11.3 Å². The van der Waals surface area contributed by atoms with Crippen LogP contribution in [0.15, 0.2) is 0 Å². The smallest absolute Gasteiger partial charge is 0.162 e. The van der Waals surface area contributed by atoms with E-state index in [4.69, 9.17) is 19.5 Å². The average Bonchev–Trinajstić information content (AvgIpc) is 3.32. The summed E-state index contributed by atoms with van der Waals surface area (Å²) in [5, 5.41) is 1.09. The van der Waals surface area contributed by atoms with Crippen molar-refractivity contribution in [2.75, 3.05) is 38.4 Å². The minimum Gasteiger partial charge on any atom is -0.381 e. The van der Waals surface area contributed by atoms with E-state index >= 15 is 0 Å². The minimum atomic E-state index is 0.471. The van der Waals surface area contributed by atoms with Gasteiger partial charge in [0.25, 0.3) is 0 Å². The Hall–Kier alpha value is -1.28. The van der Waals surface area contributed by atoms with Crippen molar-refractivity contribution in [3.05, 3.63) is 16.3 Å². The highest BCUT2D eigenvalue weighted by Crippen LogP contribution is 2.33. The summed E-state index contributed by atoms with van der Waals surface area (Å²) in [6.07, 6.45) is 3.62. The van der Waals surface area contributed by atoms with Crippen LogP contribution in [0, 0.1) is 19.8 Å². The largest absolute Gasteiger partial charge is 0.381 e. The molecular weight excluding hydrogens is 336 g/mol. The van der Waals surface area contributed by atoms with Gasteiger partial charge in [-0.05, 0) is 51.8 Å². The average molecular weight is 362 g/mol. The van der Waals surface area contributed by atoms with E-state index in [1.165, 1.54) is 23.3 Å². The maximum absolute atomic E-state index is 5.77. The molecule has 0 saturated carbocycles. The molecule has 2 saturated heterocycles. The van der Waals surface area contributed by atoms with E-state index in [2.05, 4.69) is 24.2 Å². The molecule has 136 valence electrons. The van der Waals surface area contributed by atoms with Gasteiger partial charge >= 0.3 is 0 Å². The second-order valence-corrected chi connectivity index (χ2v) is 8.28. The second kappa shape index (κ2) is 7.53. The van der Waals surface area contributed by atoms with Gasteiger partial charge in [0.1, 0.15) is 10.7 Å². The number of likely N-dealkylation sites (tertiary alicyclic amines) is 1. The zero-order valence-corrected chi connectivity index (χ0v) is 15.8. The van der Waals surface area contributed by atoms with Gasteiger partial charge in [0.05, 0.1) is 25.1 Å². The Morgan fingerprint density at radius 1 is 1.28 bits per heavy atom. The zero-order chi connectivity index (χ0) is 17.2. The van der Waals surface area contributed by atoms with Gasteiger partial charge < -0.3 is 4.74 Å². The summed E-state index contributed by atoms with van der Waals surface area (Å²) in [7, 11) is 0. The molecule has 1 N–H and O–H groups in total. The first-order chi connectivity index (χ1) is 12.2. The highest BCUT2D eigenvalue weighted by Gasteiger charge is 2.19. The molecule has 0 aliphatic carbocycles. The Morgan fingerprint density at radius 2 is 2.12 bits per heavy atom. The van der Waals surface area contributed by atoms with Gasteiger partial charge in [-0.25, -0.2) is 15.4 Å². The van der Waals surface area contributed by atoms with Crippen LogP contribution in [0.5, 0.6) is 0 Å². The topological polar surface area (TPSA) is 59.5 Å². The number of nitrogens with one attached hydrogen (secondary N) is 1. The number of aromatic nitrogens is 2. The lowest BCUT2D eigenvalue weighted by molar-refractivity contribution is 0.126. The van der Waals surface area contributed by atoms with Gasteiger partial charge in [-0.3, -0.25) is 9.74 Å². The van der Waals surface area contributed by atoms with E-state index in [9.17, 15) is 0 Å². The van der Waals surface area contributed by atoms with E-state index in [1.807, 2.05) is 0 Å². The first kappa shape index (κ1) is 17.1. The van der Waals surface area contributed by atoms with Gasteiger partial charge in [-0.1, -0.05) is 0 Å². The summed E-state index contributed by atoms with van der Waals surface area (Å²) in [6, 6.07) is 0. The van der Waals surface area contributed by atoms with Crippen molar-refractivity contribution >= 4 is 27.4 Å². The molecule has 2 aromatic heterocycles. The molecule has 1 atom stereocenters. The molecule has 1 unspecified atom stereocenters. The van der Waals surface area contributed by atoms with Crippen molar-refractivity contribution in [1.29, 1.82) is 0 Å². The van der Waals surface area contributed by atoms with Crippen LogP contribution in [0.4, 0.5) is 5.82 Å². The summed E-state index contributed by atoms with van der Waals surface area (Å²) in [4.78, 5) is 20.1. The van der Waals surface area contributed by atoms with Crippen LogP contribution in [-0.2, 0) is 16.1 Å². The van der Waals surface area contributed by atoms with Crippen LogP contribution in [0.3, 0.4) is 0 Å². The fourth-order valence-electron chi connectivity index (χ4n) is 3.52. The van der Waals surface area contributed by atoms with Crippen molar-refractivity contribution < 1.29 is 9.57 Å². The van der Waals surface area contributed by atoms with E-state index in [-0.39, 0.29) is 0 Å². The lowest BCUT2D eigenvalue weighted by Crippen LogP contribution is -2.20. The maximum atomic E-state index is 5.77. The Balaban J connectivity index is 1.55. The highest BCUT2D eigenvalue weighted by molar-refractivity contribution is 7.18. The quantitative estimate of drug-likeness (QED) is 0.796. The molecule has 0 amide bonds. The van der Waals surface area contributed by atoms with Crippen LogP contribution in [0.1, 0.15) is 35.5 Å². The normalized spacial score (nSPS) is 21.4. The molecule has 6 nitrogen and oxygen atoms in total. The number of rotatable bonds is 6. The fraction of sp³-hybridized carbons (Fsp3) is 0.667. The molecule has 2 aliphatic heterocycles. The third-order valence-electron chi connectivity index (χ3n) is 5.15. The summed E-state index contributed by atoms with van der Waals surface area (Å²) in [6.45, 7) is 9.66. The molecule has 2 aliphatic rings. The molecule has 2 fully saturated rings. The zero-order valence-electron chi connectivity index (χ0n) is 15.0. The van der Waals surface area contributed by atoms with Crippen molar-refractivity contribution in [2.45, 2.75) is 39.7 Å². The Labute approximate surface area is 152 Å². The van der Waals surface area contributed by atoms with Crippen LogP contribution < -0.4 is 5.48 Å². The molecule has 4 rings (SSSR count). The minimum absolute atomic E-state index is 0.471. The Morgan fingerprint density at radius 3 is 2.88 bits per heavy atom. The molecule has 0 bridgehead atoms. The number of nitrogens with zero attached hydrogens (tertiary/aromatic N) is 3. The SMILES string of the molecule is Cc1sc2nc(CN3CCCC3)nc(NOCC3CCOC3)c2c1C. The standard InChI is InChI=1S/C18H26N4O2S/c1-12-13(2)25-18-16(12)17(21-24-11-14-5-8-23-10-14)19-15(20-18)9-22-6-3-4-7-22/h14H,3-11H2,1-2H3,(H,19,20,21). The van der Waals surface area contributed by atoms with Crippen molar-refractivity contribution in [1.82, 2.24) is 14.9 Å². The predicted octanol–water partition coefficient (Wildman–Crippen LogP) is 3.28. The maximum Gasteiger partial charge on any atom is 0.162 e. The molecule has 25 heavy (non-hydrogen) atoms. The summed E-state index contributed by atoms with van der Waals surface area (Å²) in [5.74, 6) is 2.16. The van der Waals surface area contributed by atoms with Gasteiger partial charge in [0.2, 0.25) is 0 Å². The lowest BCUT2D eigenvalue weighted by atomic mass is 10.1. The Bertz CT molecular complexity index is 736. The number of ether oxygens (including phenoxy) is 1. The van der Waals surface area contributed by atoms with Gasteiger partial charge in [0, 0.05) is 17.4 Å². The summed E-state index contributed by atoms with van der Waals surface area (Å²) >= 11 is 1.74. The summed E-state index contributed by atoms with van der Waals surface area (Å²) in [5.41, 5.74) is 4.35. The molecule has 0 aromatic carbocycles. The van der Waals surface area contributed by atoms with Crippen LogP contribution in [-0.4, -0.2) is 47.8 Å². The molecular formula is C18H26N4O2S. The second-order valence-electron chi connectivity index (χ2n) is 7.08. The molecule has 0 radical (unpaired) electrons. The first-order valence-electron chi connectivity index (χ1n) is 9.15. The monoisotopic (exact) mass is 362 g/mol. The number of thiophene rings is 1. The van der Waals surface area contributed by atoms with E-state index in [0.717, 1.165) is 61.1 Å². The van der Waals surface area contributed by atoms with Crippen molar-refractivity contribution in [3.8, 4) is 0 Å². The van der Waals surface area contributed by atoms with Crippen molar-refractivity contribution in [3.63, 3.8) is 0 Å². The number of aryl methyl sites for hydroxylation is 2. The van der Waals surface area contributed by atoms with Crippen LogP contribution >= 0.6 is 11.3 Å². The third kappa shape index (κ3) is 3.79. The van der Waals surface area contributed by atoms with Gasteiger partial charge in [-0.2, -0.15) is 0 Å². The molecule has 0 spiro atoms. The van der Waals surface area contributed by atoms with E-state index in [1.54, 1.807) is 11.3 Å². The van der Waals surface area contributed by atoms with Crippen LogP contribution in [0.25, 0.3) is 10.2 Å². The highest BCUT2D eigenvalue weighted by atomic mass is 32.1. The Kier molecular flexibility index (Phi) is 5.17. The van der Waals surface area contributed by atoms with Crippen LogP contribution in [0.2, 0.25) is 0 Å². The molecule has 2 aromatic rings. The number of anilines is 1. The van der Waals surface area contributed by atoms with Crippen molar-refractivity contribution in [2.24, 2.45) is 5.92 Å². The van der Waals surface area contributed by atoms with Gasteiger partial charge in [0.15, 0.2) is 5.82 Å². The number of hydrogen-bond donors (Lipinski definition) is 1. The predicted molar refractivity (Wildman–Crippen MR) is 99.9 cm³/mol. The van der Waals surface area contributed by atoms with E-state index in [0.29, 0.717) is 12.5 Å². The summed E-state index contributed by atoms with van der Waals surface area (Å²) < 4.78 is 5.41. The first-order valence-corrected chi connectivity index (χ1v) is 9.97. The molecule has 7 heteroatoms. The number of hydrogen-bond acceptors (Lipinski definition) is 7.